The molecule has 0 spiro atoms. The Balaban J connectivity index is 2.68. The molecule has 3 nitrogen and oxygen atoms in total. The molecule has 0 saturated carbocycles. The van der Waals surface area contributed by atoms with Crippen molar-refractivity contribution in [2.75, 3.05) is 0 Å². The second kappa shape index (κ2) is 4.29. The van der Waals surface area contributed by atoms with E-state index < -0.39 is 17.4 Å². The molecule has 0 atom stereocenters. The summed E-state index contributed by atoms with van der Waals surface area (Å²) in [6.45, 7) is 1.59. The van der Waals surface area contributed by atoms with Crippen LogP contribution in [0.5, 0.6) is 0 Å². The Morgan fingerprint density at radius 2 is 1.89 bits per heavy atom. The van der Waals surface area contributed by atoms with Crippen molar-refractivity contribution < 1.29 is 13.2 Å². The highest BCUT2D eigenvalue weighted by Gasteiger charge is 2.33. The van der Waals surface area contributed by atoms with E-state index in [9.17, 15) is 18.0 Å². The van der Waals surface area contributed by atoms with E-state index in [0.717, 1.165) is 6.07 Å². The summed E-state index contributed by atoms with van der Waals surface area (Å²) in [5.41, 5.74) is -1.09. The maximum atomic E-state index is 12.8. The van der Waals surface area contributed by atoms with Crippen LogP contribution < -0.4 is 5.69 Å². The summed E-state index contributed by atoms with van der Waals surface area (Å²) < 4.78 is 38.5. The van der Waals surface area contributed by atoms with E-state index >= 15 is 0 Å². The van der Waals surface area contributed by atoms with Gasteiger partial charge >= 0.3 is 11.9 Å². The summed E-state index contributed by atoms with van der Waals surface area (Å²) in [5.74, 6) is 0. The van der Waals surface area contributed by atoms with E-state index in [-0.39, 0.29) is 11.3 Å². The lowest BCUT2D eigenvalue weighted by molar-refractivity contribution is -0.137. The molecule has 1 aromatic carbocycles. The summed E-state index contributed by atoms with van der Waals surface area (Å²) in [6, 6.07) is 6.44. The second-order valence-corrected chi connectivity index (χ2v) is 3.80. The van der Waals surface area contributed by atoms with E-state index in [4.69, 9.17) is 0 Å². The van der Waals surface area contributed by atoms with Crippen LogP contribution in [-0.4, -0.2) is 9.97 Å². The first-order valence-electron chi connectivity index (χ1n) is 5.12. The third-order valence-corrected chi connectivity index (χ3v) is 2.39. The van der Waals surface area contributed by atoms with Crippen molar-refractivity contribution in [2.24, 2.45) is 0 Å². The van der Waals surface area contributed by atoms with Crippen LogP contribution >= 0.6 is 0 Å². The number of hydrogen-bond donors (Lipinski definition) is 1. The molecule has 1 heterocycles. The highest BCUT2D eigenvalue weighted by atomic mass is 19.4. The summed E-state index contributed by atoms with van der Waals surface area (Å²) in [6.07, 6.45) is -4.48. The minimum atomic E-state index is -4.48. The van der Waals surface area contributed by atoms with E-state index in [1.807, 2.05) is 0 Å². The number of aryl methyl sites for hydroxylation is 1. The van der Waals surface area contributed by atoms with Gasteiger partial charge in [0.05, 0.1) is 11.3 Å². The maximum absolute atomic E-state index is 12.8. The van der Waals surface area contributed by atoms with E-state index in [0.29, 0.717) is 5.69 Å². The molecule has 0 aliphatic rings. The zero-order valence-corrected chi connectivity index (χ0v) is 9.38. The van der Waals surface area contributed by atoms with Gasteiger partial charge in [0.15, 0.2) is 0 Å². The van der Waals surface area contributed by atoms with Gasteiger partial charge in [-0.1, -0.05) is 18.2 Å². The zero-order chi connectivity index (χ0) is 13.3. The molecule has 0 radical (unpaired) electrons. The number of aromatic nitrogens is 2. The molecule has 0 bridgehead atoms. The van der Waals surface area contributed by atoms with Crippen molar-refractivity contribution in [1.29, 1.82) is 0 Å². The molecule has 1 N–H and O–H groups in total. The summed E-state index contributed by atoms with van der Waals surface area (Å²) in [5, 5.41) is 0. The maximum Gasteiger partial charge on any atom is 0.417 e. The number of nitrogens with one attached hydrogen (secondary N) is 1. The van der Waals surface area contributed by atoms with E-state index in [1.165, 1.54) is 24.3 Å². The number of nitrogens with zero attached hydrogens (tertiary/aromatic N) is 1. The second-order valence-electron chi connectivity index (χ2n) is 3.80. The van der Waals surface area contributed by atoms with Gasteiger partial charge in [0.25, 0.3) is 0 Å². The smallest absolute Gasteiger partial charge is 0.310 e. The molecule has 0 aliphatic heterocycles. The summed E-state index contributed by atoms with van der Waals surface area (Å²) in [7, 11) is 0. The minimum absolute atomic E-state index is 0.0178. The molecular weight excluding hydrogens is 245 g/mol. The Bertz CT molecular complexity index is 632. The molecule has 0 saturated heterocycles. The number of halogens is 3. The monoisotopic (exact) mass is 254 g/mol. The minimum Gasteiger partial charge on any atom is -0.310 e. The Morgan fingerprint density at radius 3 is 2.50 bits per heavy atom. The highest BCUT2D eigenvalue weighted by Crippen LogP contribution is 2.35. The third-order valence-electron chi connectivity index (χ3n) is 2.39. The van der Waals surface area contributed by atoms with Crippen molar-refractivity contribution in [3.05, 3.63) is 52.1 Å². The molecule has 0 aliphatic carbocycles. The first kappa shape index (κ1) is 12.3. The average molecular weight is 254 g/mol. The van der Waals surface area contributed by atoms with Crippen molar-refractivity contribution >= 4 is 0 Å². The first-order chi connectivity index (χ1) is 8.38. The fourth-order valence-electron chi connectivity index (χ4n) is 1.67. The van der Waals surface area contributed by atoms with Crippen molar-refractivity contribution in [3.63, 3.8) is 0 Å². The number of hydrogen-bond acceptors (Lipinski definition) is 2. The summed E-state index contributed by atoms with van der Waals surface area (Å²) in [4.78, 5) is 17.2. The lowest BCUT2D eigenvalue weighted by Crippen LogP contribution is -2.14. The summed E-state index contributed by atoms with van der Waals surface area (Å²) >= 11 is 0. The van der Waals surface area contributed by atoms with Gasteiger partial charge in [-0.3, -0.25) is 0 Å². The van der Waals surface area contributed by atoms with Gasteiger partial charge in [-0.15, -0.1) is 0 Å². The Labute approximate surface area is 100 Å². The first-order valence-corrected chi connectivity index (χ1v) is 5.12. The lowest BCUT2D eigenvalue weighted by Gasteiger charge is -2.11. The standard InChI is InChI=1S/C12H9F3N2O/c1-7-6-10(17-11(18)16-7)8-4-2-3-5-9(8)12(13,14)15/h2-6H,1H3,(H,16,17,18). The average Bonchev–Trinajstić information content (AvgIpc) is 2.26. The Morgan fingerprint density at radius 1 is 1.22 bits per heavy atom. The molecule has 2 aromatic rings. The number of H-pyrrole nitrogens is 1. The van der Waals surface area contributed by atoms with E-state index in [1.54, 1.807) is 6.92 Å². The fourth-order valence-corrected chi connectivity index (χ4v) is 1.67. The van der Waals surface area contributed by atoms with Gasteiger partial charge < -0.3 is 4.98 Å². The van der Waals surface area contributed by atoms with Crippen LogP contribution in [0.15, 0.2) is 35.1 Å². The van der Waals surface area contributed by atoms with Crippen molar-refractivity contribution in [2.45, 2.75) is 13.1 Å². The van der Waals surface area contributed by atoms with Crippen LogP contribution in [0.2, 0.25) is 0 Å². The molecule has 18 heavy (non-hydrogen) atoms. The molecule has 6 heteroatoms. The Kier molecular flexibility index (Phi) is 2.94. The molecule has 2 rings (SSSR count). The van der Waals surface area contributed by atoms with Crippen LogP contribution in [0, 0.1) is 6.92 Å². The SMILES string of the molecule is Cc1cc(-c2ccccc2C(F)(F)F)nc(=O)[nH]1. The third kappa shape index (κ3) is 2.42. The highest BCUT2D eigenvalue weighted by molar-refractivity contribution is 5.64. The topological polar surface area (TPSA) is 45.8 Å². The van der Waals surface area contributed by atoms with E-state index in [2.05, 4.69) is 9.97 Å². The molecular formula is C12H9F3N2O. The largest absolute Gasteiger partial charge is 0.417 e. The number of alkyl halides is 3. The lowest BCUT2D eigenvalue weighted by atomic mass is 10.0. The Hall–Kier alpha value is -2.11. The van der Waals surface area contributed by atoms with Gasteiger partial charge in [-0.25, -0.2) is 4.79 Å². The molecule has 1 aromatic heterocycles. The normalized spacial score (nSPS) is 11.6. The van der Waals surface area contributed by atoms with Crippen molar-refractivity contribution in [3.8, 4) is 11.3 Å². The van der Waals surface area contributed by atoms with Crippen molar-refractivity contribution in [1.82, 2.24) is 9.97 Å². The molecule has 0 amide bonds. The van der Waals surface area contributed by atoms with Gasteiger partial charge in [-0.2, -0.15) is 18.2 Å². The van der Waals surface area contributed by atoms with Crippen LogP contribution in [-0.2, 0) is 6.18 Å². The molecule has 0 unspecified atom stereocenters. The predicted molar refractivity (Wildman–Crippen MR) is 60.0 cm³/mol. The fraction of sp³-hybridized carbons (Fsp3) is 0.167. The number of rotatable bonds is 1. The van der Waals surface area contributed by atoms with Crippen LogP contribution in [0.3, 0.4) is 0 Å². The predicted octanol–water partition coefficient (Wildman–Crippen LogP) is 2.76. The number of benzene rings is 1. The van der Waals surface area contributed by atoms with Crippen LogP contribution in [0.1, 0.15) is 11.3 Å². The van der Waals surface area contributed by atoms with Gasteiger partial charge in [0.2, 0.25) is 0 Å². The molecule has 94 valence electrons. The zero-order valence-electron chi connectivity index (χ0n) is 9.38. The van der Waals surface area contributed by atoms with Crippen LogP contribution in [0.4, 0.5) is 13.2 Å². The van der Waals surface area contributed by atoms with Gasteiger partial charge in [-0.05, 0) is 19.1 Å². The quantitative estimate of drug-likeness (QED) is 0.850. The van der Waals surface area contributed by atoms with Gasteiger partial charge in [0.1, 0.15) is 0 Å². The van der Waals surface area contributed by atoms with Crippen LogP contribution in [0.25, 0.3) is 11.3 Å². The van der Waals surface area contributed by atoms with Gasteiger partial charge in [0, 0.05) is 11.3 Å². The molecule has 0 fully saturated rings. The number of aromatic amines is 1.